The van der Waals surface area contributed by atoms with Crippen LogP contribution in [0.5, 0.6) is 0 Å². The van der Waals surface area contributed by atoms with E-state index >= 15 is 0 Å². The van der Waals surface area contributed by atoms with Crippen LogP contribution in [0.3, 0.4) is 0 Å². The lowest BCUT2D eigenvalue weighted by atomic mass is 10.5. The van der Waals surface area contributed by atoms with Crippen molar-refractivity contribution >= 4 is 23.5 Å². The smallest absolute Gasteiger partial charge is 0.0999 e. The van der Waals surface area contributed by atoms with Gasteiger partial charge in [0, 0.05) is 0 Å². The first kappa shape index (κ1) is 6.78. The molecule has 1 fully saturated rings. The summed E-state index contributed by atoms with van der Waals surface area (Å²) in [6.07, 6.45) is 3.48. The summed E-state index contributed by atoms with van der Waals surface area (Å²) in [6, 6.07) is 0. The Hall–Kier alpha value is 0.660. The van der Waals surface area contributed by atoms with Gasteiger partial charge in [0.15, 0.2) is 0 Å². The van der Waals surface area contributed by atoms with Crippen molar-refractivity contribution in [2.24, 2.45) is 0 Å². The van der Waals surface area contributed by atoms with Gasteiger partial charge in [-0.15, -0.1) is 23.5 Å². The van der Waals surface area contributed by atoms with E-state index in [4.69, 9.17) is 0 Å². The summed E-state index contributed by atoms with van der Waals surface area (Å²) in [5, 5.41) is 3.39. The first-order valence-electron chi connectivity index (χ1n) is 2.81. The second-order valence-electron chi connectivity index (χ2n) is 1.75. The molecule has 0 bridgehead atoms. The molecule has 1 aliphatic rings. The van der Waals surface area contributed by atoms with Crippen LogP contribution in [-0.4, -0.2) is 23.3 Å². The second kappa shape index (κ2) is 3.64. The Bertz CT molecular complexity index is 61.4. The molecule has 1 rings (SSSR count). The molecule has 1 atom stereocenters. The maximum atomic E-state index is 3.39. The van der Waals surface area contributed by atoms with E-state index in [1.807, 2.05) is 23.5 Å². The van der Waals surface area contributed by atoms with Crippen molar-refractivity contribution in [3.8, 4) is 0 Å². The van der Waals surface area contributed by atoms with Gasteiger partial charge < -0.3 is 0 Å². The highest BCUT2D eigenvalue weighted by Crippen LogP contribution is 2.21. The van der Waals surface area contributed by atoms with Gasteiger partial charge in [0.25, 0.3) is 0 Å². The monoisotopic (exact) mass is 149 g/mol. The van der Waals surface area contributed by atoms with Gasteiger partial charge in [-0.3, -0.25) is 5.32 Å². The molecule has 0 radical (unpaired) electrons. The number of thioether (sulfide) groups is 2. The molecule has 0 aromatic heterocycles. The normalized spacial score (nSPS) is 30.4. The molecule has 1 unspecified atom stereocenters. The Balaban J connectivity index is 2.13. The van der Waals surface area contributed by atoms with E-state index in [0.29, 0.717) is 4.71 Å². The molecule has 1 heterocycles. The van der Waals surface area contributed by atoms with E-state index < -0.39 is 0 Å². The zero-order chi connectivity index (χ0) is 5.82. The maximum absolute atomic E-state index is 3.39. The fourth-order valence-corrected chi connectivity index (χ4v) is 2.57. The van der Waals surface area contributed by atoms with E-state index in [-0.39, 0.29) is 0 Å². The van der Waals surface area contributed by atoms with Gasteiger partial charge in [0.05, 0.1) is 4.71 Å². The summed E-state index contributed by atoms with van der Waals surface area (Å²) in [4.78, 5) is 0. The van der Waals surface area contributed by atoms with Gasteiger partial charge in [0.2, 0.25) is 0 Å². The molecule has 0 aliphatic carbocycles. The average Bonchev–Trinajstić information content (AvgIpc) is 1.90. The van der Waals surface area contributed by atoms with Gasteiger partial charge in [0.1, 0.15) is 0 Å². The molecule has 0 saturated carbocycles. The highest BCUT2D eigenvalue weighted by Gasteiger charge is 2.09. The first-order chi connectivity index (χ1) is 3.93. The minimum absolute atomic E-state index is 0.670. The highest BCUT2D eigenvalue weighted by atomic mass is 32.2. The van der Waals surface area contributed by atoms with E-state index in [9.17, 15) is 0 Å². The number of nitrogens with one attached hydrogen (secondary N) is 1. The number of hydrogen-bond acceptors (Lipinski definition) is 3. The van der Waals surface area contributed by atoms with Crippen LogP contribution in [0.2, 0.25) is 0 Å². The fraction of sp³-hybridized carbons (Fsp3) is 1.00. The number of hydrogen-bond donors (Lipinski definition) is 1. The summed E-state index contributed by atoms with van der Waals surface area (Å²) in [5.41, 5.74) is 0. The Morgan fingerprint density at radius 2 is 2.62 bits per heavy atom. The van der Waals surface area contributed by atoms with Crippen LogP contribution in [0, 0.1) is 0 Å². The van der Waals surface area contributed by atoms with Gasteiger partial charge >= 0.3 is 0 Å². The molecule has 0 amide bonds. The van der Waals surface area contributed by atoms with E-state index in [1.165, 1.54) is 18.7 Å². The third-order valence-corrected chi connectivity index (χ3v) is 3.69. The molecule has 1 aliphatic heterocycles. The van der Waals surface area contributed by atoms with Crippen molar-refractivity contribution in [3.05, 3.63) is 0 Å². The van der Waals surface area contributed by atoms with Crippen molar-refractivity contribution in [2.45, 2.75) is 11.1 Å². The molecule has 0 aromatic rings. The molecule has 3 heteroatoms. The van der Waals surface area contributed by atoms with Crippen LogP contribution in [0.15, 0.2) is 0 Å². The van der Waals surface area contributed by atoms with Gasteiger partial charge in [-0.2, -0.15) is 0 Å². The minimum Gasteiger partial charge on any atom is -0.297 e. The molecule has 8 heavy (non-hydrogen) atoms. The third-order valence-electron chi connectivity index (χ3n) is 1.12. The predicted octanol–water partition coefficient (Wildman–Crippen LogP) is 1.36. The van der Waals surface area contributed by atoms with Crippen LogP contribution >= 0.6 is 23.5 Å². The van der Waals surface area contributed by atoms with Crippen molar-refractivity contribution in [1.29, 1.82) is 0 Å². The van der Waals surface area contributed by atoms with Crippen molar-refractivity contribution in [3.63, 3.8) is 0 Å². The quantitative estimate of drug-likeness (QED) is 0.604. The Morgan fingerprint density at radius 1 is 1.75 bits per heavy atom. The fourth-order valence-electron chi connectivity index (χ4n) is 0.693. The first-order valence-corrected chi connectivity index (χ1v) is 5.15. The van der Waals surface area contributed by atoms with Crippen LogP contribution in [0.1, 0.15) is 6.42 Å². The van der Waals surface area contributed by atoms with E-state index in [2.05, 4.69) is 11.6 Å². The van der Waals surface area contributed by atoms with Crippen molar-refractivity contribution in [1.82, 2.24) is 5.32 Å². The summed E-state index contributed by atoms with van der Waals surface area (Å²) in [5.74, 6) is 1.33. The Labute approximate surface area is 59.0 Å². The summed E-state index contributed by atoms with van der Waals surface area (Å²) < 4.78 is 0.670. The van der Waals surface area contributed by atoms with E-state index in [1.54, 1.807) is 0 Å². The van der Waals surface area contributed by atoms with Crippen LogP contribution in [0.4, 0.5) is 0 Å². The standard InChI is InChI=1S/C5H11NS2/c1-7-5-6-3-2-4-8-5/h5-6H,2-4H2,1H3. The van der Waals surface area contributed by atoms with Crippen molar-refractivity contribution in [2.75, 3.05) is 18.6 Å². The SMILES string of the molecule is CSC1NCCCS1. The predicted molar refractivity (Wildman–Crippen MR) is 42.4 cm³/mol. The molecule has 1 saturated heterocycles. The topological polar surface area (TPSA) is 12.0 Å². The lowest BCUT2D eigenvalue weighted by Crippen LogP contribution is -2.28. The van der Waals surface area contributed by atoms with E-state index in [0.717, 1.165) is 0 Å². The number of rotatable bonds is 1. The summed E-state index contributed by atoms with van der Waals surface area (Å²) in [7, 11) is 0. The van der Waals surface area contributed by atoms with Gasteiger partial charge in [-0.25, -0.2) is 0 Å². The zero-order valence-corrected chi connectivity index (χ0v) is 6.65. The van der Waals surface area contributed by atoms with Crippen molar-refractivity contribution < 1.29 is 0 Å². The Morgan fingerprint density at radius 3 is 3.00 bits per heavy atom. The molecular weight excluding hydrogens is 138 g/mol. The summed E-state index contributed by atoms with van der Waals surface area (Å²) in [6.45, 7) is 1.21. The average molecular weight is 149 g/mol. The third kappa shape index (κ3) is 1.88. The lowest BCUT2D eigenvalue weighted by Gasteiger charge is -2.20. The highest BCUT2D eigenvalue weighted by molar-refractivity contribution is 8.16. The Kier molecular flexibility index (Phi) is 3.08. The second-order valence-corrected chi connectivity index (χ2v) is 4.20. The molecule has 48 valence electrons. The lowest BCUT2D eigenvalue weighted by molar-refractivity contribution is 0.718. The molecule has 1 nitrogen and oxygen atoms in total. The maximum Gasteiger partial charge on any atom is 0.0999 e. The molecular formula is C5H11NS2. The van der Waals surface area contributed by atoms with Crippen LogP contribution < -0.4 is 5.32 Å². The molecule has 0 aromatic carbocycles. The minimum atomic E-state index is 0.670. The molecule has 1 N–H and O–H groups in total. The molecule has 0 spiro atoms. The van der Waals surface area contributed by atoms with Gasteiger partial charge in [-0.1, -0.05) is 0 Å². The zero-order valence-electron chi connectivity index (χ0n) is 5.02. The van der Waals surface area contributed by atoms with Crippen LogP contribution in [0.25, 0.3) is 0 Å². The largest absolute Gasteiger partial charge is 0.297 e. The summed E-state index contributed by atoms with van der Waals surface area (Å²) >= 11 is 3.91. The van der Waals surface area contributed by atoms with Gasteiger partial charge in [-0.05, 0) is 25.0 Å². The van der Waals surface area contributed by atoms with Crippen LogP contribution in [-0.2, 0) is 0 Å².